The molecule has 1 N–H and O–H groups in total. The van der Waals surface area contributed by atoms with Crippen LogP contribution in [0.1, 0.15) is 36.3 Å². The molecule has 0 saturated heterocycles. The Hall–Kier alpha value is -3.74. The molecule has 152 valence electrons. The summed E-state index contributed by atoms with van der Waals surface area (Å²) in [5, 5.41) is 11.1. The van der Waals surface area contributed by atoms with Crippen molar-refractivity contribution in [2.75, 3.05) is 0 Å². The van der Waals surface area contributed by atoms with Crippen molar-refractivity contribution in [1.82, 2.24) is 25.2 Å². The van der Waals surface area contributed by atoms with Crippen LogP contribution in [-0.4, -0.2) is 25.8 Å². The second-order valence-electron chi connectivity index (χ2n) is 6.95. The zero-order valence-electron chi connectivity index (χ0n) is 16.7. The van der Waals surface area contributed by atoms with Crippen LogP contribution in [0.4, 0.5) is 0 Å². The molecule has 0 radical (unpaired) electrons. The van der Waals surface area contributed by atoms with Gasteiger partial charge in [0.2, 0.25) is 17.6 Å². The highest BCUT2D eigenvalue weighted by atomic mass is 16.5. The summed E-state index contributed by atoms with van der Waals surface area (Å²) in [7, 11) is 0. The largest absolute Gasteiger partial charge is 0.347 e. The number of nitrogens with one attached hydrogen (secondary N) is 1. The second kappa shape index (κ2) is 9.17. The molecule has 0 bridgehead atoms. The fourth-order valence-corrected chi connectivity index (χ4v) is 3.33. The lowest BCUT2D eigenvalue weighted by atomic mass is 9.88. The Morgan fingerprint density at radius 1 is 1.07 bits per heavy atom. The number of amides is 1. The van der Waals surface area contributed by atoms with Crippen molar-refractivity contribution in [3.05, 3.63) is 90.1 Å². The highest BCUT2D eigenvalue weighted by Crippen LogP contribution is 2.27. The molecule has 7 nitrogen and oxygen atoms in total. The van der Waals surface area contributed by atoms with Crippen molar-refractivity contribution in [2.45, 2.75) is 32.4 Å². The minimum Gasteiger partial charge on any atom is -0.347 e. The van der Waals surface area contributed by atoms with E-state index in [-0.39, 0.29) is 18.4 Å². The average molecular weight is 401 g/mol. The molecular weight excluding hydrogens is 378 g/mol. The molecule has 30 heavy (non-hydrogen) atoms. The predicted molar refractivity (Wildman–Crippen MR) is 112 cm³/mol. The van der Waals surface area contributed by atoms with Gasteiger partial charge < -0.3 is 9.84 Å². The molecular formula is C23H23N5O2. The van der Waals surface area contributed by atoms with E-state index in [4.69, 9.17) is 4.52 Å². The first kappa shape index (κ1) is 19.6. The van der Waals surface area contributed by atoms with Crippen LogP contribution >= 0.6 is 0 Å². The Bertz CT molecular complexity index is 1050. The fraction of sp³-hybridized carbons (Fsp3) is 0.217. The van der Waals surface area contributed by atoms with Gasteiger partial charge >= 0.3 is 0 Å². The molecule has 2 aromatic carbocycles. The molecule has 0 aliphatic carbocycles. The number of hydrogen-bond donors (Lipinski definition) is 1. The summed E-state index contributed by atoms with van der Waals surface area (Å²) in [5.41, 5.74) is 2.99. The van der Waals surface area contributed by atoms with Crippen LogP contribution in [0.25, 0.3) is 11.4 Å². The SMILES string of the molecule is CCn1cc(-c2noc(CNC(=O)CC(c3ccccc3)c3ccccc3)n2)cn1. The number of rotatable bonds is 8. The van der Waals surface area contributed by atoms with Crippen molar-refractivity contribution in [3.8, 4) is 11.4 Å². The molecule has 0 unspecified atom stereocenters. The van der Waals surface area contributed by atoms with Gasteiger partial charge in [0.1, 0.15) is 0 Å². The Kier molecular flexibility index (Phi) is 5.98. The van der Waals surface area contributed by atoms with E-state index >= 15 is 0 Å². The number of aromatic nitrogens is 4. The summed E-state index contributed by atoms with van der Waals surface area (Å²) >= 11 is 0. The molecule has 0 saturated carbocycles. The van der Waals surface area contributed by atoms with Gasteiger partial charge in [0.15, 0.2) is 0 Å². The molecule has 0 fully saturated rings. The first-order valence-electron chi connectivity index (χ1n) is 9.95. The molecule has 7 heteroatoms. The minimum absolute atomic E-state index is 0.0227. The summed E-state index contributed by atoms with van der Waals surface area (Å²) < 4.78 is 7.07. The molecule has 4 aromatic rings. The molecule has 1 amide bonds. The van der Waals surface area contributed by atoms with E-state index in [0.29, 0.717) is 18.1 Å². The van der Waals surface area contributed by atoms with Crippen molar-refractivity contribution in [2.24, 2.45) is 0 Å². The van der Waals surface area contributed by atoms with Gasteiger partial charge in [-0.25, -0.2) is 0 Å². The molecule has 2 aromatic heterocycles. The summed E-state index contributed by atoms with van der Waals surface area (Å²) in [6, 6.07) is 20.1. The number of aryl methyl sites for hydroxylation is 1. The van der Waals surface area contributed by atoms with Gasteiger partial charge in [-0.2, -0.15) is 10.1 Å². The van der Waals surface area contributed by atoms with E-state index in [9.17, 15) is 4.79 Å². The lowest BCUT2D eigenvalue weighted by Crippen LogP contribution is -2.25. The Labute approximate surface area is 174 Å². The second-order valence-corrected chi connectivity index (χ2v) is 6.95. The van der Waals surface area contributed by atoms with Gasteiger partial charge in [-0.15, -0.1) is 0 Å². The Morgan fingerprint density at radius 3 is 2.33 bits per heavy atom. The number of carbonyl (C=O) groups excluding carboxylic acids is 1. The van der Waals surface area contributed by atoms with Gasteiger partial charge in [-0.05, 0) is 18.1 Å². The van der Waals surface area contributed by atoms with Crippen LogP contribution in [0, 0.1) is 0 Å². The van der Waals surface area contributed by atoms with Gasteiger partial charge in [0, 0.05) is 25.1 Å². The van der Waals surface area contributed by atoms with Crippen molar-refractivity contribution in [3.63, 3.8) is 0 Å². The van der Waals surface area contributed by atoms with E-state index < -0.39 is 0 Å². The molecule has 0 atom stereocenters. The Morgan fingerprint density at radius 2 is 1.73 bits per heavy atom. The van der Waals surface area contributed by atoms with Crippen LogP contribution in [0.3, 0.4) is 0 Å². The minimum atomic E-state index is -0.0775. The zero-order chi connectivity index (χ0) is 20.8. The number of nitrogens with zero attached hydrogens (tertiary/aromatic N) is 4. The van der Waals surface area contributed by atoms with Crippen LogP contribution < -0.4 is 5.32 Å². The Balaban J connectivity index is 1.41. The molecule has 0 spiro atoms. The summed E-state index contributed by atoms with van der Waals surface area (Å²) in [6.07, 6.45) is 3.89. The maximum atomic E-state index is 12.7. The molecule has 4 rings (SSSR count). The monoisotopic (exact) mass is 401 g/mol. The van der Waals surface area contributed by atoms with E-state index in [0.717, 1.165) is 23.2 Å². The number of benzene rings is 2. The van der Waals surface area contributed by atoms with Crippen LogP contribution in [-0.2, 0) is 17.9 Å². The van der Waals surface area contributed by atoms with Gasteiger partial charge in [-0.1, -0.05) is 65.8 Å². The van der Waals surface area contributed by atoms with Gasteiger partial charge in [0.25, 0.3) is 0 Å². The van der Waals surface area contributed by atoms with Crippen molar-refractivity contribution in [1.29, 1.82) is 0 Å². The van der Waals surface area contributed by atoms with Crippen LogP contribution in [0.2, 0.25) is 0 Å². The third-order valence-corrected chi connectivity index (χ3v) is 4.91. The van der Waals surface area contributed by atoms with Gasteiger partial charge in [0.05, 0.1) is 18.3 Å². The summed E-state index contributed by atoms with van der Waals surface area (Å²) in [4.78, 5) is 17.0. The van der Waals surface area contributed by atoms with Crippen LogP contribution in [0.15, 0.2) is 77.6 Å². The van der Waals surface area contributed by atoms with Crippen LogP contribution in [0.5, 0.6) is 0 Å². The lowest BCUT2D eigenvalue weighted by molar-refractivity contribution is -0.121. The topological polar surface area (TPSA) is 85.8 Å². The standard InChI is InChI=1S/C23H23N5O2/c1-2-28-16-19(14-25-28)23-26-22(30-27-23)15-24-21(29)13-20(17-9-5-3-6-10-17)18-11-7-4-8-12-18/h3-12,14,16,20H,2,13,15H2,1H3,(H,24,29). The third-order valence-electron chi connectivity index (χ3n) is 4.91. The van der Waals surface area contributed by atoms with Gasteiger partial charge in [-0.3, -0.25) is 9.48 Å². The normalized spacial score (nSPS) is 11.0. The van der Waals surface area contributed by atoms with E-state index in [1.807, 2.05) is 73.8 Å². The maximum Gasteiger partial charge on any atom is 0.246 e. The zero-order valence-corrected chi connectivity index (χ0v) is 16.7. The molecule has 0 aliphatic heterocycles. The first-order chi connectivity index (χ1) is 14.7. The summed E-state index contributed by atoms with van der Waals surface area (Å²) in [5.74, 6) is 0.723. The van der Waals surface area contributed by atoms with E-state index in [1.54, 1.807) is 10.9 Å². The molecule has 2 heterocycles. The quantitative estimate of drug-likeness (QED) is 0.485. The van der Waals surface area contributed by atoms with E-state index in [1.165, 1.54) is 0 Å². The lowest BCUT2D eigenvalue weighted by Gasteiger charge is -2.17. The summed E-state index contributed by atoms with van der Waals surface area (Å²) in [6.45, 7) is 2.96. The number of hydrogen-bond acceptors (Lipinski definition) is 5. The molecule has 0 aliphatic rings. The third kappa shape index (κ3) is 4.63. The predicted octanol–water partition coefficient (Wildman–Crippen LogP) is 3.79. The van der Waals surface area contributed by atoms with Crippen molar-refractivity contribution >= 4 is 5.91 Å². The van der Waals surface area contributed by atoms with Crippen molar-refractivity contribution < 1.29 is 9.32 Å². The highest BCUT2D eigenvalue weighted by Gasteiger charge is 2.19. The highest BCUT2D eigenvalue weighted by molar-refractivity contribution is 5.77. The fourth-order valence-electron chi connectivity index (χ4n) is 3.33. The van der Waals surface area contributed by atoms with E-state index in [2.05, 4.69) is 20.6 Å². The number of carbonyl (C=O) groups is 1. The smallest absolute Gasteiger partial charge is 0.246 e. The average Bonchev–Trinajstić information content (AvgIpc) is 3.46. The maximum absolute atomic E-state index is 12.7. The first-order valence-corrected chi connectivity index (χ1v) is 9.95.